The summed E-state index contributed by atoms with van der Waals surface area (Å²) in [6.07, 6.45) is 0. The number of fused-ring (bicyclic) bond motifs is 1. The first kappa shape index (κ1) is 6.97. The molecule has 0 saturated carbocycles. The van der Waals surface area contributed by atoms with E-state index in [0.29, 0.717) is 22.7 Å². The maximum Gasteiger partial charge on any atom is 0.198 e. The van der Waals surface area contributed by atoms with Gasteiger partial charge in [-0.3, -0.25) is 0 Å². The second kappa shape index (κ2) is 2.14. The monoisotopic (exact) mass is 164 g/mol. The van der Waals surface area contributed by atoms with Crippen LogP contribution in [-0.4, -0.2) is 10.1 Å². The van der Waals surface area contributed by atoms with Crippen LogP contribution in [0.2, 0.25) is 0 Å². The van der Waals surface area contributed by atoms with E-state index in [4.69, 9.17) is 10.2 Å². The highest BCUT2D eigenvalue weighted by atomic mass is 16.4. The molecule has 0 amide bonds. The number of nitrogens with two attached hydrogens (primary N) is 1. The second-order valence-corrected chi connectivity index (χ2v) is 2.58. The highest BCUT2D eigenvalue weighted by Gasteiger charge is 2.08. The number of hydrogen-bond donors (Lipinski definition) is 2. The minimum atomic E-state index is -0.0342. The van der Waals surface area contributed by atoms with Gasteiger partial charge in [0.2, 0.25) is 0 Å². The lowest BCUT2D eigenvalue weighted by atomic mass is 10.2. The van der Waals surface area contributed by atoms with Crippen molar-refractivity contribution in [1.82, 2.24) is 4.98 Å². The van der Waals surface area contributed by atoms with Crippen LogP contribution in [0.15, 0.2) is 16.5 Å². The number of phenols is 1. The van der Waals surface area contributed by atoms with E-state index >= 15 is 0 Å². The molecule has 4 heteroatoms. The molecule has 0 aliphatic carbocycles. The lowest BCUT2D eigenvalue weighted by molar-refractivity contribution is 0.462. The summed E-state index contributed by atoms with van der Waals surface area (Å²) in [6, 6.07) is 3.31. The zero-order valence-electron chi connectivity index (χ0n) is 6.53. The number of nitrogen functional groups attached to an aromatic ring is 1. The standard InChI is InChI=1S/C8H8N2O2/c1-4-10-6-3-2-5(9)7(11)8(6)12-4/h2-3,11H,9H2,1H3. The van der Waals surface area contributed by atoms with Crippen molar-refractivity contribution in [3.8, 4) is 5.75 Å². The van der Waals surface area contributed by atoms with Crippen LogP contribution in [0.4, 0.5) is 5.69 Å². The summed E-state index contributed by atoms with van der Waals surface area (Å²) in [5, 5.41) is 9.41. The third-order valence-corrected chi connectivity index (χ3v) is 1.67. The van der Waals surface area contributed by atoms with Gasteiger partial charge in [-0.1, -0.05) is 0 Å². The van der Waals surface area contributed by atoms with Crippen LogP contribution in [0.1, 0.15) is 5.89 Å². The first-order valence-corrected chi connectivity index (χ1v) is 3.53. The molecule has 0 atom stereocenters. The number of aromatic hydroxyl groups is 1. The van der Waals surface area contributed by atoms with Crippen molar-refractivity contribution in [3.05, 3.63) is 18.0 Å². The third-order valence-electron chi connectivity index (χ3n) is 1.67. The number of aryl methyl sites for hydroxylation is 1. The van der Waals surface area contributed by atoms with Gasteiger partial charge in [0.25, 0.3) is 0 Å². The molecule has 0 fully saturated rings. The van der Waals surface area contributed by atoms with Gasteiger partial charge >= 0.3 is 0 Å². The fourth-order valence-electron chi connectivity index (χ4n) is 1.10. The Hall–Kier alpha value is -1.71. The Labute approximate surface area is 68.6 Å². The maximum absolute atomic E-state index is 9.41. The Morgan fingerprint density at radius 3 is 3.00 bits per heavy atom. The molecule has 62 valence electrons. The van der Waals surface area contributed by atoms with E-state index < -0.39 is 0 Å². The molecule has 0 bridgehead atoms. The number of hydrogen-bond acceptors (Lipinski definition) is 4. The molecule has 0 spiro atoms. The number of rotatable bonds is 0. The smallest absolute Gasteiger partial charge is 0.198 e. The molecule has 1 aromatic carbocycles. The van der Waals surface area contributed by atoms with Gasteiger partial charge < -0.3 is 15.3 Å². The number of anilines is 1. The Morgan fingerprint density at radius 2 is 2.25 bits per heavy atom. The summed E-state index contributed by atoms with van der Waals surface area (Å²) in [4.78, 5) is 4.03. The predicted molar refractivity (Wildman–Crippen MR) is 44.8 cm³/mol. The highest BCUT2D eigenvalue weighted by Crippen LogP contribution is 2.30. The summed E-state index contributed by atoms with van der Waals surface area (Å²) in [7, 11) is 0. The largest absolute Gasteiger partial charge is 0.503 e. The minimum absolute atomic E-state index is 0.0342. The summed E-state index contributed by atoms with van der Waals surface area (Å²) < 4.78 is 5.14. The van der Waals surface area contributed by atoms with Crippen molar-refractivity contribution in [1.29, 1.82) is 0 Å². The van der Waals surface area contributed by atoms with Crippen molar-refractivity contribution >= 4 is 16.8 Å². The topological polar surface area (TPSA) is 72.3 Å². The van der Waals surface area contributed by atoms with E-state index in [1.54, 1.807) is 19.1 Å². The average molecular weight is 164 g/mol. The molecule has 12 heavy (non-hydrogen) atoms. The molecule has 0 unspecified atom stereocenters. The molecule has 3 N–H and O–H groups in total. The van der Waals surface area contributed by atoms with Crippen LogP contribution >= 0.6 is 0 Å². The lowest BCUT2D eigenvalue weighted by Gasteiger charge is -1.95. The van der Waals surface area contributed by atoms with Gasteiger partial charge in [0.15, 0.2) is 17.2 Å². The fourth-order valence-corrected chi connectivity index (χ4v) is 1.10. The van der Waals surface area contributed by atoms with Crippen molar-refractivity contribution < 1.29 is 9.52 Å². The fraction of sp³-hybridized carbons (Fsp3) is 0.125. The number of oxazole rings is 1. The van der Waals surface area contributed by atoms with Crippen molar-refractivity contribution in [2.75, 3.05) is 5.73 Å². The molecular formula is C8H8N2O2. The summed E-state index contributed by atoms with van der Waals surface area (Å²) in [6.45, 7) is 1.72. The van der Waals surface area contributed by atoms with Gasteiger partial charge in [0.05, 0.1) is 5.69 Å². The number of phenolic OH excluding ortho intramolecular Hbond substituents is 1. The summed E-state index contributed by atoms with van der Waals surface area (Å²) in [5.41, 5.74) is 6.74. The van der Waals surface area contributed by atoms with E-state index in [-0.39, 0.29) is 5.75 Å². The van der Waals surface area contributed by atoms with Gasteiger partial charge in [0.1, 0.15) is 5.52 Å². The quantitative estimate of drug-likeness (QED) is 0.456. The Balaban J connectivity index is 2.89. The zero-order chi connectivity index (χ0) is 8.72. The minimum Gasteiger partial charge on any atom is -0.503 e. The van der Waals surface area contributed by atoms with Gasteiger partial charge in [0, 0.05) is 6.92 Å². The van der Waals surface area contributed by atoms with Crippen molar-refractivity contribution in [3.63, 3.8) is 0 Å². The lowest BCUT2D eigenvalue weighted by Crippen LogP contribution is -1.84. The maximum atomic E-state index is 9.41. The Kier molecular flexibility index (Phi) is 1.24. The third kappa shape index (κ3) is 0.812. The number of aromatic nitrogens is 1. The molecule has 0 saturated heterocycles. The molecule has 1 aromatic heterocycles. The molecule has 2 aromatic rings. The van der Waals surface area contributed by atoms with E-state index in [1.807, 2.05) is 0 Å². The second-order valence-electron chi connectivity index (χ2n) is 2.58. The molecule has 0 radical (unpaired) electrons. The van der Waals surface area contributed by atoms with Crippen LogP contribution in [0.5, 0.6) is 5.75 Å². The number of nitrogens with zero attached hydrogens (tertiary/aromatic N) is 1. The van der Waals surface area contributed by atoms with E-state index in [2.05, 4.69) is 4.98 Å². The summed E-state index contributed by atoms with van der Waals surface area (Å²) >= 11 is 0. The van der Waals surface area contributed by atoms with Crippen LogP contribution in [0, 0.1) is 6.92 Å². The van der Waals surface area contributed by atoms with Gasteiger partial charge in [-0.25, -0.2) is 4.98 Å². The van der Waals surface area contributed by atoms with Gasteiger partial charge in [-0.2, -0.15) is 0 Å². The molecule has 1 heterocycles. The Morgan fingerprint density at radius 1 is 1.50 bits per heavy atom. The normalized spacial score (nSPS) is 10.8. The zero-order valence-corrected chi connectivity index (χ0v) is 6.53. The van der Waals surface area contributed by atoms with E-state index in [9.17, 15) is 5.11 Å². The molecule has 0 aliphatic rings. The van der Waals surface area contributed by atoms with Crippen molar-refractivity contribution in [2.45, 2.75) is 6.92 Å². The first-order valence-electron chi connectivity index (χ1n) is 3.53. The van der Waals surface area contributed by atoms with Crippen LogP contribution in [-0.2, 0) is 0 Å². The molecular weight excluding hydrogens is 156 g/mol. The van der Waals surface area contributed by atoms with Gasteiger partial charge in [-0.05, 0) is 12.1 Å². The average Bonchev–Trinajstić information content (AvgIpc) is 2.39. The Bertz CT molecular complexity index is 434. The van der Waals surface area contributed by atoms with Gasteiger partial charge in [-0.15, -0.1) is 0 Å². The van der Waals surface area contributed by atoms with Crippen LogP contribution in [0.25, 0.3) is 11.1 Å². The number of benzene rings is 1. The SMILES string of the molecule is Cc1nc2ccc(N)c(O)c2o1. The van der Waals surface area contributed by atoms with Crippen LogP contribution in [0.3, 0.4) is 0 Å². The van der Waals surface area contributed by atoms with Crippen molar-refractivity contribution in [2.24, 2.45) is 0 Å². The van der Waals surface area contributed by atoms with Crippen LogP contribution < -0.4 is 5.73 Å². The first-order chi connectivity index (χ1) is 5.68. The highest BCUT2D eigenvalue weighted by molar-refractivity contribution is 5.85. The molecule has 0 aliphatic heterocycles. The summed E-state index contributed by atoms with van der Waals surface area (Å²) in [5.74, 6) is 0.485. The van der Waals surface area contributed by atoms with E-state index in [0.717, 1.165) is 0 Å². The molecule has 2 rings (SSSR count). The molecule has 4 nitrogen and oxygen atoms in total. The predicted octanol–water partition coefficient (Wildman–Crippen LogP) is 1.42. The van der Waals surface area contributed by atoms with E-state index in [1.165, 1.54) is 0 Å².